The third-order valence-electron chi connectivity index (χ3n) is 4.57. The summed E-state index contributed by atoms with van der Waals surface area (Å²) < 4.78 is 27.5. The lowest BCUT2D eigenvalue weighted by Gasteiger charge is -2.33. The number of benzene rings is 1. The molecule has 0 amide bonds. The van der Waals surface area contributed by atoms with E-state index in [1.807, 2.05) is 18.2 Å². The van der Waals surface area contributed by atoms with Crippen LogP contribution in [0.5, 0.6) is 0 Å². The van der Waals surface area contributed by atoms with Crippen LogP contribution in [0, 0.1) is 0 Å². The first kappa shape index (κ1) is 18.2. The van der Waals surface area contributed by atoms with Crippen molar-refractivity contribution in [3.8, 4) is 0 Å². The molecular formula is C18H18ClN5O2S. The van der Waals surface area contributed by atoms with Gasteiger partial charge < -0.3 is 0 Å². The van der Waals surface area contributed by atoms with Crippen LogP contribution in [-0.2, 0) is 16.6 Å². The molecule has 0 aliphatic carbocycles. The van der Waals surface area contributed by atoms with Crippen molar-refractivity contribution >= 4 is 32.7 Å². The number of halogens is 1. The first-order chi connectivity index (χ1) is 13.0. The molecule has 140 valence electrons. The van der Waals surface area contributed by atoms with Crippen LogP contribution in [0.1, 0.15) is 5.69 Å². The maximum Gasteiger partial charge on any atom is 0.243 e. The van der Waals surface area contributed by atoms with E-state index < -0.39 is 10.0 Å². The van der Waals surface area contributed by atoms with Crippen molar-refractivity contribution in [3.63, 3.8) is 0 Å². The molecule has 1 aromatic carbocycles. The molecule has 2 aromatic heterocycles. The number of hydrogen-bond acceptors (Lipinski definition) is 6. The zero-order valence-electron chi connectivity index (χ0n) is 14.5. The normalized spacial score (nSPS) is 16.6. The van der Waals surface area contributed by atoms with E-state index in [9.17, 15) is 8.42 Å². The average Bonchev–Trinajstić information content (AvgIpc) is 2.69. The summed E-state index contributed by atoms with van der Waals surface area (Å²) in [5.41, 5.74) is 2.07. The molecule has 0 saturated carbocycles. The lowest BCUT2D eigenvalue weighted by molar-refractivity contribution is 0.180. The van der Waals surface area contributed by atoms with Gasteiger partial charge in [-0.3, -0.25) is 14.9 Å². The molecular weight excluding hydrogens is 386 g/mol. The quantitative estimate of drug-likeness (QED) is 0.664. The summed E-state index contributed by atoms with van der Waals surface area (Å²) in [4.78, 5) is 15.1. The first-order valence-electron chi connectivity index (χ1n) is 8.57. The summed E-state index contributed by atoms with van der Waals surface area (Å²) in [6.45, 7) is 2.94. The summed E-state index contributed by atoms with van der Waals surface area (Å²) in [5, 5.41) is 0.280. The van der Waals surface area contributed by atoms with Crippen molar-refractivity contribution < 1.29 is 8.42 Å². The fourth-order valence-electron chi connectivity index (χ4n) is 3.13. The summed E-state index contributed by atoms with van der Waals surface area (Å²) >= 11 is 5.83. The fraction of sp³-hybridized carbons (Fsp3) is 0.278. The Morgan fingerprint density at radius 3 is 2.56 bits per heavy atom. The van der Waals surface area contributed by atoms with E-state index in [4.69, 9.17) is 11.6 Å². The number of hydrogen-bond donors (Lipinski definition) is 0. The van der Waals surface area contributed by atoms with Crippen molar-refractivity contribution in [3.05, 3.63) is 59.6 Å². The highest BCUT2D eigenvalue weighted by molar-refractivity contribution is 7.89. The Morgan fingerprint density at radius 2 is 1.81 bits per heavy atom. The molecule has 1 aliphatic rings. The lowest BCUT2D eigenvalue weighted by Crippen LogP contribution is -2.48. The second kappa shape index (κ2) is 7.47. The topological polar surface area (TPSA) is 79.3 Å². The van der Waals surface area contributed by atoms with Crippen LogP contribution in [0.4, 0.5) is 0 Å². The first-order valence-corrected chi connectivity index (χ1v) is 10.4. The summed E-state index contributed by atoms with van der Waals surface area (Å²) in [7, 11) is -3.57. The standard InChI is InChI=1S/C18H18ClN5O2S/c19-18-12-21-17-11-15(4-5-16(17)22-18)27(25,26)24-9-7-23(8-10-24)13-14-3-1-2-6-20-14/h1-6,11-12H,7-10,13H2. The van der Waals surface area contributed by atoms with Gasteiger partial charge in [-0.15, -0.1) is 0 Å². The van der Waals surface area contributed by atoms with Crippen LogP contribution in [0.15, 0.2) is 53.7 Å². The van der Waals surface area contributed by atoms with E-state index in [1.54, 1.807) is 24.4 Å². The molecule has 1 fully saturated rings. The van der Waals surface area contributed by atoms with Gasteiger partial charge >= 0.3 is 0 Å². The van der Waals surface area contributed by atoms with Gasteiger partial charge in [0, 0.05) is 38.9 Å². The lowest BCUT2D eigenvalue weighted by atomic mass is 10.3. The maximum atomic E-state index is 13.0. The molecule has 7 nitrogen and oxygen atoms in total. The van der Waals surface area contributed by atoms with E-state index >= 15 is 0 Å². The molecule has 3 heterocycles. The molecule has 0 atom stereocenters. The molecule has 0 bridgehead atoms. The Bertz CT molecular complexity index is 1050. The Morgan fingerprint density at radius 1 is 1.00 bits per heavy atom. The van der Waals surface area contributed by atoms with E-state index in [0.717, 1.165) is 12.2 Å². The molecule has 0 radical (unpaired) electrons. The van der Waals surface area contributed by atoms with Crippen LogP contribution in [-0.4, -0.2) is 58.8 Å². The smallest absolute Gasteiger partial charge is 0.243 e. The molecule has 0 unspecified atom stereocenters. The van der Waals surface area contributed by atoms with Crippen molar-refractivity contribution in [2.75, 3.05) is 26.2 Å². The van der Waals surface area contributed by atoms with Crippen LogP contribution in [0.3, 0.4) is 0 Å². The molecule has 0 N–H and O–H groups in total. The minimum Gasteiger partial charge on any atom is -0.295 e. The zero-order chi connectivity index (χ0) is 18.9. The second-order valence-corrected chi connectivity index (χ2v) is 8.67. The van der Waals surface area contributed by atoms with Crippen molar-refractivity contribution in [1.29, 1.82) is 0 Å². The summed E-state index contributed by atoms with van der Waals surface area (Å²) in [5.74, 6) is 0. The van der Waals surface area contributed by atoms with E-state index in [1.165, 1.54) is 10.5 Å². The highest BCUT2D eigenvalue weighted by Crippen LogP contribution is 2.22. The van der Waals surface area contributed by atoms with Gasteiger partial charge in [-0.1, -0.05) is 17.7 Å². The minimum atomic E-state index is -3.57. The number of piperazine rings is 1. The van der Waals surface area contributed by atoms with Gasteiger partial charge in [0.25, 0.3) is 0 Å². The Kier molecular flexibility index (Phi) is 5.05. The fourth-order valence-corrected chi connectivity index (χ4v) is 4.71. The molecule has 4 rings (SSSR count). The number of aromatic nitrogens is 3. The number of fused-ring (bicyclic) bond motifs is 1. The molecule has 1 aliphatic heterocycles. The van der Waals surface area contributed by atoms with Gasteiger partial charge in [0.15, 0.2) is 0 Å². The summed E-state index contributed by atoms with van der Waals surface area (Å²) in [6.07, 6.45) is 3.18. The highest BCUT2D eigenvalue weighted by Gasteiger charge is 2.28. The van der Waals surface area contributed by atoms with Crippen LogP contribution >= 0.6 is 11.6 Å². The Labute approximate surface area is 162 Å². The third-order valence-corrected chi connectivity index (χ3v) is 6.64. The molecule has 1 saturated heterocycles. The number of sulfonamides is 1. The number of rotatable bonds is 4. The molecule has 3 aromatic rings. The predicted octanol–water partition coefficient (Wildman–Crippen LogP) is 2.18. The SMILES string of the molecule is O=S(=O)(c1ccc2nc(Cl)cnc2c1)N1CCN(Cc2ccccn2)CC1. The van der Waals surface area contributed by atoms with E-state index in [2.05, 4.69) is 19.9 Å². The monoisotopic (exact) mass is 403 g/mol. The van der Waals surface area contributed by atoms with Crippen LogP contribution in [0.25, 0.3) is 11.0 Å². The highest BCUT2D eigenvalue weighted by atomic mass is 35.5. The van der Waals surface area contributed by atoms with Crippen molar-refractivity contribution in [2.24, 2.45) is 0 Å². The Hall–Kier alpha value is -2.13. The van der Waals surface area contributed by atoms with E-state index in [-0.39, 0.29) is 10.0 Å². The minimum absolute atomic E-state index is 0.227. The average molecular weight is 404 g/mol. The number of pyridine rings is 1. The second-order valence-electron chi connectivity index (χ2n) is 6.34. The van der Waals surface area contributed by atoms with Gasteiger partial charge in [-0.05, 0) is 30.3 Å². The van der Waals surface area contributed by atoms with Crippen LogP contribution in [0.2, 0.25) is 5.15 Å². The number of nitrogens with zero attached hydrogens (tertiary/aromatic N) is 5. The zero-order valence-corrected chi connectivity index (χ0v) is 16.1. The molecule has 9 heteroatoms. The van der Waals surface area contributed by atoms with Crippen molar-refractivity contribution in [1.82, 2.24) is 24.2 Å². The van der Waals surface area contributed by atoms with Crippen LogP contribution < -0.4 is 0 Å². The third kappa shape index (κ3) is 3.93. The Balaban J connectivity index is 1.48. The van der Waals surface area contributed by atoms with Crippen molar-refractivity contribution in [2.45, 2.75) is 11.4 Å². The summed E-state index contributed by atoms with van der Waals surface area (Å²) in [6, 6.07) is 10.6. The molecule has 27 heavy (non-hydrogen) atoms. The van der Waals surface area contributed by atoms with Gasteiger partial charge in [0.2, 0.25) is 10.0 Å². The van der Waals surface area contributed by atoms with Gasteiger partial charge in [0.05, 0.1) is 27.8 Å². The largest absolute Gasteiger partial charge is 0.295 e. The van der Waals surface area contributed by atoms with E-state index in [0.29, 0.717) is 37.2 Å². The van der Waals surface area contributed by atoms with Gasteiger partial charge in [0.1, 0.15) is 5.15 Å². The maximum absolute atomic E-state index is 13.0. The van der Waals surface area contributed by atoms with Gasteiger partial charge in [-0.25, -0.2) is 13.4 Å². The predicted molar refractivity (Wildman–Crippen MR) is 103 cm³/mol. The molecule has 0 spiro atoms. The van der Waals surface area contributed by atoms with Gasteiger partial charge in [-0.2, -0.15) is 4.31 Å².